The summed E-state index contributed by atoms with van der Waals surface area (Å²) in [5.41, 5.74) is 10.8. The molecule has 3 rings (SSSR count). The van der Waals surface area contributed by atoms with Crippen molar-refractivity contribution in [2.45, 2.75) is 43.6 Å². The van der Waals surface area contributed by atoms with E-state index in [1.807, 2.05) is 0 Å². The molecule has 0 spiro atoms. The number of halogens is 2. The van der Waals surface area contributed by atoms with Gasteiger partial charge in [-0.2, -0.15) is 0 Å². The minimum absolute atomic E-state index is 0.148. The number of aromatic nitrogens is 1. The lowest BCUT2D eigenvalue weighted by atomic mass is 9.86. The van der Waals surface area contributed by atoms with Crippen LogP contribution in [0, 0.1) is 11.7 Å². The van der Waals surface area contributed by atoms with Crippen LogP contribution in [-0.2, 0) is 14.2 Å². The average Bonchev–Trinajstić information content (AvgIpc) is 2.88. The molecule has 1 saturated carbocycles. The van der Waals surface area contributed by atoms with Gasteiger partial charge in [0.2, 0.25) is 5.79 Å². The molecular formula is C20H29F2N5O4. The quantitative estimate of drug-likeness (QED) is 0.297. The molecule has 9 nitrogen and oxygen atoms in total. The first-order valence-corrected chi connectivity index (χ1v) is 10.2. The highest BCUT2D eigenvalue weighted by Crippen LogP contribution is 2.39. The highest BCUT2D eigenvalue weighted by molar-refractivity contribution is 5.87. The van der Waals surface area contributed by atoms with Gasteiger partial charge in [0.25, 0.3) is 0 Å². The van der Waals surface area contributed by atoms with Crippen LogP contribution in [0.3, 0.4) is 0 Å². The summed E-state index contributed by atoms with van der Waals surface area (Å²) >= 11 is 0. The van der Waals surface area contributed by atoms with Gasteiger partial charge < -0.3 is 30.6 Å². The zero-order valence-corrected chi connectivity index (χ0v) is 17.7. The standard InChI is InChI=1S/C20H29F2N5O4/c1-29-20(30-2)10-27(11-20)17-15(21)7-13(8-25-17)14-6-4-3-5-12(16(14)22)9-31-19(28)26-18(23)24/h7-8,12,14,16H,3-6,9-11H2,1-2H3,(H4,23,24,26,28). The molecule has 1 aliphatic heterocycles. The summed E-state index contributed by atoms with van der Waals surface area (Å²) in [6.07, 6.45) is 1.90. The second-order valence-electron chi connectivity index (χ2n) is 7.96. The number of carbonyl (C=O) groups is 1. The predicted octanol–water partition coefficient (Wildman–Crippen LogP) is 2.05. The van der Waals surface area contributed by atoms with Gasteiger partial charge in [-0.15, -0.1) is 4.99 Å². The Bertz CT molecular complexity index is 809. The maximum Gasteiger partial charge on any atom is 0.436 e. The van der Waals surface area contributed by atoms with Crippen LogP contribution in [0.1, 0.15) is 37.2 Å². The number of hydrogen-bond donors (Lipinski definition) is 2. The lowest BCUT2D eigenvalue weighted by molar-refractivity contribution is -0.219. The summed E-state index contributed by atoms with van der Waals surface area (Å²) in [6, 6.07) is 1.34. The van der Waals surface area contributed by atoms with Gasteiger partial charge in [-0.25, -0.2) is 18.6 Å². The molecule has 4 N–H and O–H groups in total. The highest BCUT2D eigenvalue weighted by atomic mass is 19.1. The molecule has 31 heavy (non-hydrogen) atoms. The van der Waals surface area contributed by atoms with Crippen molar-refractivity contribution in [3.8, 4) is 0 Å². The molecule has 2 heterocycles. The minimum Gasteiger partial charge on any atom is -0.447 e. The summed E-state index contributed by atoms with van der Waals surface area (Å²) < 4.78 is 45.8. The Kier molecular flexibility index (Phi) is 7.26. The largest absolute Gasteiger partial charge is 0.447 e. The Morgan fingerprint density at radius 2 is 1.97 bits per heavy atom. The Hall–Kier alpha value is -2.53. The number of alkyl halides is 1. The number of anilines is 1. The van der Waals surface area contributed by atoms with Crippen LogP contribution in [0.15, 0.2) is 17.3 Å². The van der Waals surface area contributed by atoms with Gasteiger partial charge in [-0.3, -0.25) is 0 Å². The Labute approximate surface area is 179 Å². The molecule has 1 amide bonds. The van der Waals surface area contributed by atoms with Crippen molar-refractivity contribution in [3.63, 3.8) is 0 Å². The molecule has 2 aliphatic rings. The summed E-state index contributed by atoms with van der Waals surface area (Å²) in [5.74, 6) is -2.60. The fourth-order valence-corrected chi connectivity index (χ4v) is 4.17. The van der Waals surface area contributed by atoms with Gasteiger partial charge in [0.05, 0.1) is 19.7 Å². The van der Waals surface area contributed by atoms with Crippen LogP contribution in [0.5, 0.6) is 0 Å². The number of methoxy groups -OCH3 is 2. The topological polar surface area (TPSA) is 125 Å². The average molecular weight is 441 g/mol. The van der Waals surface area contributed by atoms with Crippen LogP contribution in [-0.4, -0.2) is 62.9 Å². The van der Waals surface area contributed by atoms with Crippen molar-refractivity contribution >= 4 is 17.9 Å². The van der Waals surface area contributed by atoms with Crippen molar-refractivity contribution in [2.75, 3.05) is 38.8 Å². The van der Waals surface area contributed by atoms with Crippen molar-refractivity contribution in [3.05, 3.63) is 23.6 Å². The zero-order chi connectivity index (χ0) is 22.6. The van der Waals surface area contributed by atoms with Crippen LogP contribution in [0.2, 0.25) is 0 Å². The predicted molar refractivity (Wildman–Crippen MR) is 110 cm³/mol. The molecule has 1 aromatic rings. The molecule has 1 aliphatic carbocycles. The van der Waals surface area contributed by atoms with Gasteiger partial charge in [-0.1, -0.05) is 12.8 Å². The van der Waals surface area contributed by atoms with Crippen LogP contribution in [0.25, 0.3) is 0 Å². The third kappa shape index (κ3) is 5.21. The lowest BCUT2D eigenvalue weighted by Gasteiger charge is -2.48. The highest BCUT2D eigenvalue weighted by Gasteiger charge is 2.45. The first kappa shape index (κ1) is 23.1. The SMILES string of the molecule is COC1(OC)CN(c2ncc(C3CCCCC(COC(=O)N=C(N)N)C3F)cc2F)C1. The maximum atomic E-state index is 15.4. The van der Waals surface area contributed by atoms with Crippen molar-refractivity contribution in [2.24, 2.45) is 22.4 Å². The number of aliphatic imine (C=N–C) groups is 1. The molecule has 2 fully saturated rings. The van der Waals surface area contributed by atoms with E-state index in [1.54, 1.807) is 4.90 Å². The molecule has 1 saturated heterocycles. The number of nitrogens with two attached hydrogens (primary N) is 2. The maximum absolute atomic E-state index is 15.4. The van der Waals surface area contributed by atoms with Crippen LogP contribution >= 0.6 is 0 Å². The van der Waals surface area contributed by atoms with E-state index in [0.29, 0.717) is 31.5 Å². The molecular weight excluding hydrogens is 412 g/mol. The molecule has 3 atom stereocenters. The Balaban J connectivity index is 1.68. The monoisotopic (exact) mass is 441 g/mol. The number of pyridine rings is 1. The normalized spacial score (nSPS) is 25.3. The van der Waals surface area contributed by atoms with Crippen LogP contribution in [0.4, 0.5) is 19.4 Å². The molecule has 11 heteroatoms. The van der Waals surface area contributed by atoms with Gasteiger partial charge >= 0.3 is 6.09 Å². The van der Waals surface area contributed by atoms with Gasteiger partial charge in [0.1, 0.15) is 6.17 Å². The molecule has 172 valence electrons. The van der Waals surface area contributed by atoms with E-state index in [-0.39, 0.29) is 12.4 Å². The van der Waals surface area contributed by atoms with E-state index in [1.165, 1.54) is 26.5 Å². The van der Waals surface area contributed by atoms with Gasteiger partial charge in [0.15, 0.2) is 17.6 Å². The molecule has 0 aromatic carbocycles. The van der Waals surface area contributed by atoms with E-state index in [4.69, 9.17) is 25.7 Å². The first-order valence-electron chi connectivity index (χ1n) is 10.2. The van der Waals surface area contributed by atoms with Crippen molar-refractivity contribution in [1.82, 2.24) is 4.98 Å². The van der Waals surface area contributed by atoms with Crippen LogP contribution < -0.4 is 16.4 Å². The Morgan fingerprint density at radius 1 is 1.29 bits per heavy atom. The molecule has 1 aromatic heterocycles. The third-order valence-corrected chi connectivity index (χ3v) is 5.99. The summed E-state index contributed by atoms with van der Waals surface area (Å²) in [7, 11) is 3.07. The van der Waals surface area contributed by atoms with Crippen molar-refractivity contribution in [1.29, 1.82) is 0 Å². The number of rotatable bonds is 6. The molecule has 0 bridgehead atoms. The number of carbonyl (C=O) groups excluding carboxylic acids is 1. The molecule has 0 radical (unpaired) electrons. The molecule has 3 unspecified atom stereocenters. The van der Waals surface area contributed by atoms with Gasteiger partial charge in [0, 0.05) is 32.3 Å². The number of ether oxygens (including phenoxy) is 3. The lowest BCUT2D eigenvalue weighted by Crippen LogP contribution is -2.64. The number of guanidine groups is 1. The second kappa shape index (κ2) is 9.73. The minimum atomic E-state index is -1.32. The summed E-state index contributed by atoms with van der Waals surface area (Å²) in [5, 5.41) is 0. The van der Waals surface area contributed by atoms with E-state index in [0.717, 1.165) is 12.8 Å². The van der Waals surface area contributed by atoms with E-state index < -0.39 is 41.7 Å². The van der Waals surface area contributed by atoms with E-state index in [9.17, 15) is 9.18 Å². The van der Waals surface area contributed by atoms with E-state index in [2.05, 4.69) is 9.98 Å². The summed E-state index contributed by atoms with van der Waals surface area (Å²) in [6.45, 7) is 0.550. The fourth-order valence-electron chi connectivity index (χ4n) is 4.17. The summed E-state index contributed by atoms with van der Waals surface area (Å²) in [4.78, 5) is 20.8. The van der Waals surface area contributed by atoms with Crippen molar-refractivity contribution < 1.29 is 27.8 Å². The van der Waals surface area contributed by atoms with Gasteiger partial charge in [-0.05, 0) is 24.5 Å². The number of amides is 1. The number of nitrogens with zero attached hydrogens (tertiary/aromatic N) is 3. The van der Waals surface area contributed by atoms with E-state index >= 15 is 4.39 Å². The number of hydrogen-bond acceptors (Lipinski definition) is 6. The smallest absolute Gasteiger partial charge is 0.436 e. The fraction of sp³-hybridized carbons (Fsp3) is 0.650. The first-order chi connectivity index (χ1) is 14.8. The third-order valence-electron chi connectivity index (χ3n) is 5.99. The second-order valence-corrected chi connectivity index (χ2v) is 7.96. The Morgan fingerprint density at radius 3 is 2.58 bits per heavy atom. The zero-order valence-electron chi connectivity index (χ0n) is 17.7.